The number of aromatic nitrogens is 1. The second-order valence-corrected chi connectivity index (χ2v) is 5.84. The number of sulfonamides is 1. The van der Waals surface area contributed by atoms with E-state index in [1.165, 1.54) is 0 Å². The van der Waals surface area contributed by atoms with Crippen molar-refractivity contribution in [3.05, 3.63) is 18.0 Å². The lowest BCUT2D eigenvalue weighted by Crippen LogP contribution is -2.22. The minimum atomic E-state index is -3.39. The highest BCUT2D eigenvalue weighted by Crippen LogP contribution is 2.20. The van der Waals surface area contributed by atoms with Crippen LogP contribution >= 0.6 is 11.6 Å². The monoisotopic (exact) mass is 264 g/mol. The van der Waals surface area contributed by atoms with Gasteiger partial charge in [0.25, 0.3) is 0 Å². The summed E-state index contributed by atoms with van der Waals surface area (Å²) in [5, 5.41) is 0. The molecular weight excluding hydrogens is 248 g/mol. The van der Waals surface area contributed by atoms with Gasteiger partial charge in [0.15, 0.2) is 0 Å². The fourth-order valence-corrected chi connectivity index (χ4v) is 2.81. The molecule has 16 heavy (non-hydrogen) atoms. The largest absolute Gasteiger partial charge is 0.346 e. The van der Waals surface area contributed by atoms with E-state index >= 15 is 0 Å². The molecule has 0 saturated carbocycles. The topological polar surface area (TPSA) is 51.1 Å². The van der Waals surface area contributed by atoms with E-state index in [0.29, 0.717) is 12.4 Å². The average molecular weight is 265 g/mol. The molecule has 1 rings (SSSR count). The van der Waals surface area contributed by atoms with Crippen LogP contribution in [0.3, 0.4) is 0 Å². The maximum absolute atomic E-state index is 11.8. The zero-order valence-corrected chi connectivity index (χ0v) is 11.3. The van der Waals surface area contributed by atoms with Gasteiger partial charge in [-0.15, -0.1) is 11.6 Å². The van der Waals surface area contributed by atoms with Crippen molar-refractivity contribution < 1.29 is 8.42 Å². The maximum atomic E-state index is 11.8. The van der Waals surface area contributed by atoms with Crippen LogP contribution in [-0.4, -0.2) is 19.5 Å². The van der Waals surface area contributed by atoms with Gasteiger partial charge in [0, 0.05) is 24.5 Å². The van der Waals surface area contributed by atoms with Crippen molar-refractivity contribution in [2.45, 2.75) is 37.6 Å². The Kier molecular flexibility index (Phi) is 4.41. The normalized spacial score (nSPS) is 12.3. The van der Waals surface area contributed by atoms with Crippen LogP contribution in [0.2, 0.25) is 0 Å². The molecule has 0 fully saturated rings. The van der Waals surface area contributed by atoms with E-state index < -0.39 is 10.0 Å². The van der Waals surface area contributed by atoms with E-state index in [-0.39, 0.29) is 10.9 Å². The lowest BCUT2D eigenvalue weighted by Gasteiger charge is -2.10. The van der Waals surface area contributed by atoms with Crippen molar-refractivity contribution in [1.82, 2.24) is 9.29 Å². The van der Waals surface area contributed by atoms with E-state index in [4.69, 9.17) is 11.6 Å². The molecule has 6 heteroatoms. The zero-order valence-electron chi connectivity index (χ0n) is 9.70. The molecule has 0 spiro atoms. The molecule has 0 aromatic carbocycles. The van der Waals surface area contributed by atoms with E-state index in [9.17, 15) is 8.42 Å². The molecule has 92 valence electrons. The summed E-state index contributed by atoms with van der Waals surface area (Å²) < 4.78 is 27.9. The van der Waals surface area contributed by atoms with Gasteiger partial charge in [0.2, 0.25) is 10.0 Å². The van der Waals surface area contributed by atoms with Crippen LogP contribution < -0.4 is 4.72 Å². The Balaban J connectivity index is 3.18. The summed E-state index contributed by atoms with van der Waals surface area (Å²) in [5.41, 5.74) is 0.813. The third-order valence-electron chi connectivity index (χ3n) is 2.24. The van der Waals surface area contributed by atoms with Gasteiger partial charge in [0.1, 0.15) is 0 Å². The smallest absolute Gasteiger partial charge is 0.242 e. The number of hydrogen-bond donors (Lipinski definition) is 1. The predicted octanol–water partition coefficient (Wildman–Crippen LogP) is 2.11. The number of nitrogens with one attached hydrogen (secondary N) is 1. The molecule has 4 nitrogen and oxygen atoms in total. The van der Waals surface area contributed by atoms with Gasteiger partial charge in [-0.2, -0.15) is 0 Å². The number of alkyl halides is 1. The lowest BCUT2D eigenvalue weighted by molar-refractivity contribution is 0.575. The SMILES string of the molecule is CCNS(=O)(=O)c1cc(CCl)n(C(C)C)c1. The van der Waals surface area contributed by atoms with Crippen LogP contribution in [-0.2, 0) is 15.9 Å². The van der Waals surface area contributed by atoms with Gasteiger partial charge in [0.05, 0.1) is 10.8 Å². The van der Waals surface area contributed by atoms with Crippen LogP contribution in [0.25, 0.3) is 0 Å². The molecule has 1 heterocycles. The van der Waals surface area contributed by atoms with Crippen molar-refractivity contribution in [1.29, 1.82) is 0 Å². The highest BCUT2D eigenvalue weighted by atomic mass is 35.5. The highest BCUT2D eigenvalue weighted by Gasteiger charge is 2.17. The van der Waals surface area contributed by atoms with Gasteiger partial charge in [-0.3, -0.25) is 0 Å². The second-order valence-electron chi connectivity index (χ2n) is 3.80. The molecule has 0 atom stereocenters. The van der Waals surface area contributed by atoms with Crippen molar-refractivity contribution >= 4 is 21.6 Å². The summed E-state index contributed by atoms with van der Waals surface area (Å²) in [6, 6.07) is 1.81. The van der Waals surface area contributed by atoms with Crippen molar-refractivity contribution in [3.63, 3.8) is 0 Å². The van der Waals surface area contributed by atoms with Crippen molar-refractivity contribution in [2.24, 2.45) is 0 Å². The van der Waals surface area contributed by atoms with Crippen LogP contribution in [0.15, 0.2) is 17.2 Å². The van der Waals surface area contributed by atoms with E-state index in [0.717, 1.165) is 5.69 Å². The van der Waals surface area contributed by atoms with Gasteiger partial charge in [-0.05, 0) is 19.9 Å². The Morgan fingerprint density at radius 3 is 2.50 bits per heavy atom. The molecule has 0 unspecified atom stereocenters. The molecule has 0 amide bonds. The lowest BCUT2D eigenvalue weighted by atomic mass is 10.4. The van der Waals surface area contributed by atoms with E-state index in [1.54, 1.807) is 19.2 Å². The summed E-state index contributed by atoms with van der Waals surface area (Å²) in [6.45, 7) is 6.10. The molecule has 0 saturated heterocycles. The van der Waals surface area contributed by atoms with Crippen LogP contribution in [0, 0.1) is 0 Å². The number of halogens is 1. The molecule has 0 radical (unpaired) electrons. The second kappa shape index (κ2) is 5.21. The minimum Gasteiger partial charge on any atom is -0.346 e. The Labute approximate surface area is 102 Å². The Hall–Kier alpha value is -0.520. The van der Waals surface area contributed by atoms with Gasteiger partial charge in [-0.25, -0.2) is 13.1 Å². The Bertz CT molecular complexity index is 451. The third kappa shape index (κ3) is 2.78. The van der Waals surface area contributed by atoms with E-state index in [2.05, 4.69) is 4.72 Å². The fourth-order valence-electron chi connectivity index (χ4n) is 1.50. The molecule has 0 aliphatic heterocycles. The predicted molar refractivity (Wildman–Crippen MR) is 65.2 cm³/mol. The van der Waals surface area contributed by atoms with Crippen molar-refractivity contribution in [3.8, 4) is 0 Å². The summed E-state index contributed by atoms with van der Waals surface area (Å²) >= 11 is 5.78. The standard InChI is InChI=1S/C10H17ClN2O2S/c1-4-12-16(14,15)10-5-9(6-11)13(7-10)8(2)3/h5,7-8,12H,4,6H2,1-3H3. The first-order valence-corrected chi connectivity index (χ1v) is 7.20. The molecule has 1 aromatic heterocycles. The molecule has 1 N–H and O–H groups in total. The summed E-state index contributed by atoms with van der Waals surface area (Å²) in [4.78, 5) is 0.277. The molecule has 0 aliphatic carbocycles. The fraction of sp³-hybridized carbons (Fsp3) is 0.600. The Morgan fingerprint density at radius 1 is 1.50 bits per heavy atom. The summed E-state index contributed by atoms with van der Waals surface area (Å²) in [5.74, 6) is 0.305. The number of nitrogens with zero attached hydrogens (tertiary/aromatic N) is 1. The van der Waals surface area contributed by atoms with Crippen LogP contribution in [0.1, 0.15) is 32.5 Å². The van der Waals surface area contributed by atoms with Gasteiger partial charge in [-0.1, -0.05) is 6.92 Å². The number of hydrogen-bond acceptors (Lipinski definition) is 2. The highest BCUT2D eigenvalue weighted by molar-refractivity contribution is 7.89. The van der Waals surface area contributed by atoms with Crippen LogP contribution in [0.4, 0.5) is 0 Å². The molecular formula is C10H17ClN2O2S. The number of rotatable bonds is 5. The third-order valence-corrected chi connectivity index (χ3v) is 4.03. The Morgan fingerprint density at radius 2 is 2.12 bits per heavy atom. The maximum Gasteiger partial charge on any atom is 0.242 e. The quantitative estimate of drug-likeness (QED) is 0.828. The first kappa shape index (κ1) is 13.5. The summed E-state index contributed by atoms with van der Waals surface area (Å²) in [6.07, 6.45) is 1.63. The first-order valence-electron chi connectivity index (χ1n) is 5.18. The van der Waals surface area contributed by atoms with Gasteiger partial charge < -0.3 is 4.57 Å². The van der Waals surface area contributed by atoms with E-state index in [1.807, 2.05) is 18.4 Å². The average Bonchev–Trinajstić information content (AvgIpc) is 2.61. The zero-order chi connectivity index (χ0) is 12.3. The van der Waals surface area contributed by atoms with Gasteiger partial charge >= 0.3 is 0 Å². The van der Waals surface area contributed by atoms with Crippen molar-refractivity contribution in [2.75, 3.05) is 6.54 Å². The molecule has 1 aromatic rings. The molecule has 0 bridgehead atoms. The minimum absolute atomic E-state index is 0.194. The molecule has 0 aliphatic rings. The first-order chi connectivity index (χ1) is 7.42. The summed E-state index contributed by atoms with van der Waals surface area (Å²) in [7, 11) is -3.39. The van der Waals surface area contributed by atoms with Crippen LogP contribution in [0.5, 0.6) is 0 Å².